The van der Waals surface area contributed by atoms with E-state index in [9.17, 15) is 13.2 Å². The molecule has 0 saturated heterocycles. The lowest BCUT2D eigenvalue weighted by molar-refractivity contribution is -0.137. The minimum Gasteiger partial charge on any atom is -0.363 e. The summed E-state index contributed by atoms with van der Waals surface area (Å²) >= 11 is 0. The van der Waals surface area contributed by atoms with Gasteiger partial charge >= 0.3 is 6.18 Å². The molecule has 0 fully saturated rings. The Labute approximate surface area is 120 Å². The lowest BCUT2D eigenvalue weighted by atomic mass is 10.1. The third-order valence-electron chi connectivity index (χ3n) is 3.63. The molecule has 5 heteroatoms. The van der Waals surface area contributed by atoms with Crippen LogP contribution in [0.3, 0.4) is 0 Å². The lowest BCUT2D eigenvalue weighted by Crippen LogP contribution is -2.16. The van der Waals surface area contributed by atoms with Gasteiger partial charge in [0.25, 0.3) is 0 Å². The van der Waals surface area contributed by atoms with Crippen molar-refractivity contribution in [2.24, 2.45) is 0 Å². The van der Waals surface area contributed by atoms with E-state index in [0.717, 1.165) is 17.2 Å². The van der Waals surface area contributed by atoms with Crippen LogP contribution < -0.4 is 4.90 Å². The van der Waals surface area contributed by atoms with Gasteiger partial charge in [-0.05, 0) is 29.3 Å². The molecular formula is C16H11F3N2. The van der Waals surface area contributed by atoms with E-state index in [2.05, 4.69) is 0 Å². The number of halogens is 3. The van der Waals surface area contributed by atoms with Gasteiger partial charge < -0.3 is 4.90 Å². The zero-order valence-electron chi connectivity index (χ0n) is 11.0. The fourth-order valence-electron chi connectivity index (χ4n) is 2.58. The molecule has 0 spiro atoms. The molecule has 0 aliphatic carbocycles. The van der Waals surface area contributed by atoms with Crippen LogP contribution in [0.15, 0.2) is 42.5 Å². The zero-order chi connectivity index (χ0) is 15.0. The molecule has 0 N–H and O–H groups in total. The van der Waals surface area contributed by atoms with Gasteiger partial charge in [0.2, 0.25) is 0 Å². The maximum atomic E-state index is 12.8. The standard InChI is InChI=1S/C16H11F3N2/c17-16(18,19)15-6-5-14(7-13(15)8-20)21-9-11-3-1-2-4-12(11)10-21/h1-7H,9-10H2. The molecule has 0 atom stereocenters. The molecule has 0 radical (unpaired) electrons. The van der Waals surface area contributed by atoms with Crippen molar-refractivity contribution in [3.63, 3.8) is 0 Å². The van der Waals surface area contributed by atoms with E-state index < -0.39 is 11.7 Å². The zero-order valence-corrected chi connectivity index (χ0v) is 11.0. The molecule has 2 nitrogen and oxygen atoms in total. The predicted octanol–water partition coefficient (Wildman–Crippen LogP) is 4.10. The Bertz CT molecular complexity index is 704. The van der Waals surface area contributed by atoms with E-state index in [0.29, 0.717) is 18.8 Å². The largest absolute Gasteiger partial charge is 0.417 e. The maximum absolute atomic E-state index is 12.8. The summed E-state index contributed by atoms with van der Waals surface area (Å²) in [5.74, 6) is 0. The molecular weight excluding hydrogens is 277 g/mol. The van der Waals surface area contributed by atoms with Crippen molar-refractivity contribution in [2.45, 2.75) is 19.3 Å². The number of hydrogen-bond donors (Lipinski definition) is 0. The van der Waals surface area contributed by atoms with Gasteiger partial charge in [0.1, 0.15) is 0 Å². The van der Waals surface area contributed by atoms with Crippen LogP contribution in [0.5, 0.6) is 0 Å². The van der Waals surface area contributed by atoms with Crippen molar-refractivity contribution in [3.05, 3.63) is 64.7 Å². The summed E-state index contributed by atoms with van der Waals surface area (Å²) in [5.41, 5.74) is 1.74. The quantitative estimate of drug-likeness (QED) is 0.790. The van der Waals surface area contributed by atoms with Gasteiger partial charge in [-0.25, -0.2) is 0 Å². The highest BCUT2D eigenvalue weighted by molar-refractivity contribution is 5.57. The molecule has 1 heterocycles. The molecule has 21 heavy (non-hydrogen) atoms. The van der Waals surface area contributed by atoms with E-state index in [1.807, 2.05) is 29.2 Å². The average molecular weight is 288 g/mol. The highest BCUT2D eigenvalue weighted by atomic mass is 19.4. The van der Waals surface area contributed by atoms with Gasteiger partial charge in [-0.2, -0.15) is 18.4 Å². The smallest absolute Gasteiger partial charge is 0.363 e. The summed E-state index contributed by atoms with van der Waals surface area (Å²) in [6.07, 6.45) is -4.50. The third-order valence-corrected chi connectivity index (χ3v) is 3.63. The average Bonchev–Trinajstić information content (AvgIpc) is 2.89. The highest BCUT2D eigenvalue weighted by Gasteiger charge is 2.34. The van der Waals surface area contributed by atoms with E-state index in [4.69, 9.17) is 5.26 Å². The van der Waals surface area contributed by atoms with Crippen LogP contribution in [0.25, 0.3) is 0 Å². The molecule has 2 aromatic carbocycles. The number of alkyl halides is 3. The van der Waals surface area contributed by atoms with Crippen molar-refractivity contribution in [1.29, 1.82) is 5.26 Å². The van der Waals surface area contributed by atoms with E-state index in [1.165, 1.54) is 12.1 Å². The van der Waals surface area contributed by atoms with Gasteiger partial charge in [0, 0.05) is 18.8 Å². The Kier molecular flexibility index (Phi) is 3.09. The Morgan fingerprint density at radius 1 is 1.00 bits per heavy atom. The van der Waals surface area contributed by atoms with Gasteiger partial charge in [-0.1, -0.05) is 24.3 Å². The summed E-state index contributed by atoms with van der Waals surface area (Å²) in [6, 6.07) is 13.3. The topological polar surface area (TPSA) is 27.0 Å². The maximum Gasteiger partial charge on any atom is 0.417 e. The minimum absolute atomic E-state index is 0.337. The van der Waals surface area contributed by atoms with Crippen LogP contribution in [0.1, 0.15) is 22.3 Å². The Morgan fingerprint density at radius 2 is 1.62 bits per heavy atom. The molecule has 0 amide bonds. The molecule has 0 aromatic heterocycles. The minimum atomic E-state index is -4.50. The third kappa shape index (κ3) is 2.45. The van der Waals surface area contributed by atoms with Gasteiger partial charge in [-0.15, -0.1) is 0 Å². The molecule has 0 saturated carbocycles. The second-order valence-electron chi connectivity index (χ2n) is 4.96. The summed E-state index contributed by atoms with van der Waals surface area (Å²) in [7, 11) is 0. The summed E-state index contributed by atoms with van der Waals surface area (Å²) in [5, 5.41) is 8.95. The summed E-state index contributed by atoms with van der Waals surface area (Å²) < 4.78 is 38.4. The fraction of sp³-hybridized carbons (Fsp3) is 0.188. The number of nitriles is 1. The number of fused-ring (bicyclic) bond motifs is 1. The van der Waals surface area contributed by atoms with Crippen LogP contribution >= 0.6 is 0 Å². The van der Waals surface area contributed by atoms with Crippen molar-refractivity contribution < 1.29 is 13.2 Å². The molecule has 3 rings (SSSR count). The Hall–Kier alpha value is -2.48. The monoisotopic (exact) mass is 288 g/mol. The SMILES string of the molecule is N#Cc1cc(N2Cc3ccccc3C2)ccc1C(F)(F)F. The molecule has 0 unspecified atom stereocenters. The first-order chi connectivity index (χ1) is 9.99. The van der Waals surface area contributed by atoms with Crippen molar-refractivity contribution in [3.8, 4) is 6.07 Å². The number of nitrogens with zero attached hydrogens (tertiary/aromatic N) is 2. The van der Waals surface area contributed by atoms with Crippen molar-refractivity contribution >= 4 is 5.69 Å². The molecule has 0 bridgehead atoms. The first-order valence-corrected chi connectivity index (χ1v) is 6.42. The van der Waals surface area contributed by atoms with E-state index in [-0.39, 0.29) is 5.56 Å². The Morgan fingerprint density at radius 3 is 2.14 bits per heavy atom. The predicted molar refractivity (Wildman–Crippen MR) is 72.5 cm³/mol. The van der Waals surface area contributed by atoms with Gasteiger partial charge in [0.05, 0.1) is 17.2 Å². The fourth-order valence-corrected chi connectivity index (χ4v) is 2.58. The first kappa shape index (κ1) is 13.5. The van der Waals surface area contributed by atoms with E-state index >= 15 is 0 Å². The number of benzene rings is 2. The van der Waals surface area contributed by atoms with Crippen LogP contribution in [0, 0.1) is 11.3 Å². The van der Waals surface area contributed by atoms with Crippen LogP contribution in [0.2, 0.25) is 0 Å². The van der Waals surface area contributed by atoms with Crippen LogP contribution in [-0.4, -0.2) is 0 Å². The van der Waals surface area contributed by atoms with Crippen molar-refractivity contribution in [2.75, 3.05) is 4.90 Å². The van der Waals surface area contributed by atoms with Crippen LogP contribution in [0.4, 0.5) is 18.9 Å². The van der Waals surface area contributed by atoms with Gasteiger partial charge in [0.15, 0.2) is 0 Å². The molecule has 106 valence electrons. The normalized spacial score (nSPS) is 13.9. The summed E-state index contributed by atoms with van der Waals surface area (Å²) in [6.45, 7) is 1.29. The second-order valence-corrected chi connectivity index (χ2v) is 4.96. The molecule has 2 aromatic rings. The number of anilines is 1. The second kappa shape index (κ2) is 4.81. The van der Waals surface area contributed by atoms with Crippen molar-refractivity contribution in [1.82, 2.24) is 0 Å². The number of hydrogen-bond acceptors (Lipinski definition) is 2. The number of rotatable bonds is 1. The van der Waals surface area contributed by atoms with Crippen LogP contribution in [-0.2, 0) is 19.3 Å². The molecule has 1 aliphatic rings. The lowest BCUT2D eigenvalue weighted by Gasteiger charge is -2.19. The highest BCUT2D eigenvalue weighted by Crippen LogP contribution is 2.35. The first-order valence-electron chi connectivity index (χ1n) is 6.42. The van der Waals surface area contributed by atoms with E-state index in [1.54, 1.807) is 6.07 Å². The van der Waals surface area contributed by atoms with Gasteiger partial charge in [-0.3, -0.25) is 0 Å². The Balaban J connectivity index is 1.94. The summed E-state index contributed by atoms with van der Waals surface area (Å²) in [4.78, 5) is 1.96. The molecule has 1 aliphatic heterocycles.